The molecule has 0 aromatic carbocycles. The van der Waals surface area contributed by atoms with Gasteiger partial charge in [-0.25, -0.2) is 0 Å². The van der Waals surface area contributed by atoms with Gasteiger partial charge in [0.1, 0.15) is 0 Å². The second-order valence-corrected chi connectivity index (χ2v) is 8.40. The summed E-state index contributed by atoms with van der Waals surface area (Å²) in [6.07, 6.45) is 1.35. The predicted octanol–water partition coefficient (Wildman–Crippen LogP) is 2.78. The van der Waals surface area contributed by atoms with E-state index in [1.165, 1.54) is 0 Å². The molecule has 0 heterocycles. The quantitative estimate of drug-likeness (QED) is 0.177. The molecule has 0 N–H and O–H groups in total. The van der Waals surface area contributed by atoms with E-state index in [-0.39, 0.29) is 11.9 Å². The SMILES string of the molecule is C=C(C)O[Si](CCCOC(=O)C(C)CC)(OCCOC)OCCOC. The molecular formula is C17H34O7Si. The molecule has 0 aromatic heterocycles. The van der Waals surface area contributed by atoms with E-state index in [4.69, 9.17) is 27.5 Å². The van der Waals surface area contributed by atoms with Crippen molar-refractivity contribution in [3.05, 3.63) is 12.3 Å². The first-order valence-electron chi connectivity index (χ1n) is 8.67. The first-order valence-corrected chi connectivity index (χ1v) is 10.6. The third-order valence-electron chi connectivity index (χ3n) is 3.43. The van der Waals surface area contributed by atoms with Crippen molar-refractivity contribution in [2.45, 2.75) is 39.7 Å². The molecule has 0 aromatic rings. The zero-order chi connectivity index (χ0) is 19.1. The fourth-order valence-electron chi connectivity index (χ4n) is 1.89. The van der Waals surface area contributed by atoms with Crippen molar-refractivity contribution in [3.8, 4) is 0 Å². The van der Waals surface area contributed by atoms with Crippen LogP contribution in [0.3, 0.4) is 0 Å². The van der Waals surface area contributed by atoms with E-state index in [1.54, 1.807) is 21.1 Å². The van der Waals surface area contributed by atoms with Crippen LogP contribution in [0.4, 0.5) is 0 Å². The van der Waals surface area contributed by atoms with Crippen molar-refractivity contribution in [1.29, 1.82) is 0 Å². The lowest BCUT2D eigenvalue weighted by molar-refractivity contribution is -0.148. The van der Waals surface area contributed by atoms with Gasteiger partial charge in [-0.3, -0.25) is 4.79 Å². The Morgan fingerprint density at radius 1 is 1.04 bits per heavy atom. The molecule has 8 heteroatoms. The molecule has 0 amide bonds. The first-order chi connectivity index (χ1) is 11.9. The highest BCUT2D eigenvalue weighted by atomic mass is 28.4. The molecule has 0 saturated heterocycles. The summed E-state index contributed by atoms with van der Waals surface area (Å²) in [6.45, 7) is 11.2. The summed E-state index contributed by atoms with van der Waals surface area (Å²) in [5, 5.41) is 0. The Kier molecular flexibility index (Phi) is 13.7. The second kappa shape index (κ2) is 14.3. The van der Waals surface area contributed by atoms with E-state index in [0.717, 1.165) is 6.42 Å². The zero-order valence-electron chi connectivity index (χ0n) is 16.3. The van der Waals surface area contributed by atoms with Gasteiger partial charge in [0.15, 0.2) is 0 Å². The van der Waals surface area contributed by atoms with Gasteiger partial charge in [-0.1, -0.05) is 20.4 Å². The number of allylic oxidation sites excluding steroid dienone is 1. The number of ether oxygens (including phenoxy) is 3. The summed E-state index contributed by atoms with van der Waals surface area (Å²) in [5.41, 5.74) is 0. The van der Waals surface area contributed by atoms with E-state index in [0.29, 0.717) is 51.3 Å². The van der Waals surface area contributed by atoms with E-state index in [9.17, 15) is 4.79 Å². The molecule has 25 heavy (non-hydrogen) atoms. The van der Waals surface area contributed by atoms with Crippen molar-refractivity contribution >= 4 is 14.8 Å². The molecule has 1 atom stereocenters. The molecule has 0 fully saturated rings. The van der Waals surface area contributed by atoms with Gasteiger partial charge < -0.3 is 27.5 Å². The maximum Gasteiger partial charge on any atom is 0.566 e. The Balaban J connectivity index is 4.69. The molecule has 7 nitrogen and oxygen atoms in total. The van der Waals surface area contributed by atoms with Gasteiger partial charge >= 0.3 is 14.8 Å². The van der Waals surface area contributed by atoms with Gasteiger partial charge in [0.25, 0.3) is 0 Å². The highest BCUT2D eigenvalue weighted by Crippen LogP contribution is 2.21. The topological polar surface area (TPSA) is 72.5 Å². The highest BCUT2D eigenvalue weighted by Gasteiger charge is 2.43. The largest absolute Gasteiger partial charge is 0.566 e. The zero-order valence-corrected chi connectivity index (χ0v) is 17.3. The lowest BCUT2D eigenvalue weighted by atomic mass is 10.1. The first kappa shape index (κ1) is 24.1. The van der Waals surface area contributed by atoms with Crippen LogP contribution in [0, 0.1) is 5.92 Å². The number of hydrogen-bond donors (Lipinski definition) is 0. The van der Waals surface area contributed by atoms with Gasteiger partial charge in [-0.2, -0.15) is 0 Å². The van der Waals surface area contributed by atoms with Crippen molar-refractivity contribution in [2.24, 2.45) is 5.92 Å². The smallest absolute Gasteiger partial charge is 0.505 e. The van der Waals surface area contributed by atoms with Crippen molar-refractivity contribution in [1.82, 2.24) is 0 Å². The van der Waals surface area contributed by atoms with Crippen molar-refractivity contribution < 1.29 is 32.3 Å². The molecule has 148 valence electrons. The average molecular weight is 379 g/mol. The normalized spacial score (nSPS) is 12.7. The number of esters is 1. The lowest BCUT2D eigenvalue weighted by Gasteiger charge is -2.30. The third-order valence-corrected chi connectivity index (χ3v) is 6.35. The molecule has 0 aliphatic heterocycles. The summed E-state index contributed by atoms with van der Waals surface area (Å²) in [4.78, 5) is 11.7. The Labute approximate surface area is 152 Å². The molecule has 0 saturated carbocycles. The fourth-order valence-corrected chi connectivity index (χ4v) is 4.38. The van der Waals surface area contributed by atoms with Crippen LogP contribution in [-0.4, -0.2) is 62.0 Å². The third kappa shape index (κ3) is 11.3. The molecule has 0 bridgehead atoms. The van der Waals surface area contributed by atoms with Crippen LogP contribution in [0.25, 0.3) is 0 Å². The number of rotatable bonds is 16. The molecule has 0 spiro atoms. The van der Waals surface area contributed by atoms with Gasteiger partial charge in [-0.15, -0.1) is 0 Å². The Hall–Kier alpha value is -0.933. The minimum absolute atomic E-state index is 0.0930. The number of carbonyl (C=O) groups is 1. The van der Waals surface area contributed by atoms with Gasteiger partial charge in [0, 0.05) is 20.3 Å². The van der Waals surface area contributed by atoms with Crippen LogP contribution < -0.4 is 0 Å². The lowest BCUT2D eigenvalue weighted by Crippen LogP contribution is -2.47. The van der Waals surface area contributed by atoms with Crippen molar-refractivity contribution in [2.75, 3.05) is 47.3 Å². The summed E-state index contributed by atoms with van der Waals surface area (Å²) in [7, 11) is 0.216. The van der Waals surface area contributed by atoms with E-state index < -0.39 is 8.80 Å². The maximum atomic E-state index is 11.7. The maximum absolute atomic E-state index is 11.7. The van der Waals surface area contributed by atoms with Crippen LogP contribution in [0.15, 0.2) is 12.3 Å². The highest BCUT2D eigenvalue weighted by molar-refractivity contribution is 6.61. The fraction of sp³-hybridized carbons (Fsp3) is 0.824. The summed E-state index contributed by atoms with van der Waals surface area (Å²) >= 11 is 0. The van der Waals surface area contributed by atoms with Gasteiger partial charge in [0.05, 0.1) is 44.7 Å². The molecule has 0 radical (unpaired) electrons. The number of methoxy groups -OCH3 is 2. The summed E-state index contributed by atoms with van der Waals surface area (Å²) in [5.74, 6) is 0.249. The van der Waals surface area contributed by atoms with Gasteiger partial charge in [0.2, 0.25) is 0 Å². The number of carbonyl (C=O) groups excluding carboxylic acids is 1. The van der Waals surface area contributed by atoms with Crippen LogP contribution in [0.1, 0.15) is 33.6 Å². The van der Waals surface area contributed by atoms with Crippen molar-refractivity contribution in [3.63, 3.8) is 0 Å². The predicted molar refractivity (Wildman–Crippen MR) is 97.1 cm³/mol. The van der Waals surface area contributed by atoms with Crippen LogP contribution in [-0.2, 0) is 32.3 Å². The molecule has 1 unspecified atom stereocenters. The molecule has 0 aliphatic carbocycles. The minimum Gasteiger partial charge on any atom is -0.505 e. The average Bonchev–Trinajstić information content (AvgIpc) is 2.57. The van der Waals surface area contributed by atoms with E-state index >= 15 is 0 Å². The molecule has 0 aliphatic rings. The molecular weight excluding hydrogens is 344 g/mol. The Morgan fingerprint density at radius 2 is 1.60 bits per heavy atom. The summed E-state index contributed by atoms with van der Waals surface area (Å²) in [6, 6.07) is 0.515. The van der Waals surface area contributed by atoms with E-state index in [2.05, 4.69) is 6.58 Å². The second-order valence-electron chi connectivity index (χ2n) is 5.75. The standard InChI is InChI=1S/C17H34O7Si/c1-7-16(4)17(18)21-9-8-14-25(24-15(2)3,22-12-10-19-5)23-13-11-20-6/h16H,2,7-14H2,1,3-6H3. The Morgan fingerprint density at radius 3 is 2.04 bits per heavy atom. The monoisotopic (exact) mass is 378 g/mol. The van der Waals surface area contributed by atoms with Crippen LogP contribution >= 0.6 is 0 Å². The van der Waals surface area contributed by atoms with Crippen LogP contribution in [0.2, 0.25) is 6.04 Å². The Bertz CT molecular complexity index is 366. The summed E-state index contributed by atoms with van der Waals surface area (Å²) < 4.78 is 33.0. The van der Waals surface area contributed by atoms with E-state index in [1.807, 2.05) is 13.8 Å². The number of hydrogen-bond acceptors (Lipinski definition) is 7. The van der Waals surface area contributed by atoms with Gasteiger partial charge in [-0.05, 0) is 19.8 Å². The van der Waals surface area contributed by atoms with Crippen LogP contribution in [0.5, 0.6) is 0 Å². The minimum atomic E-state index is -2.99. The molecule has 0 rings (SSSR count).